The zero-order chi connectivity index (χ0) is 33.4. The summed E-state index contributed by atoms with van der Waals surface area (Å²) in [5, 5.41) is 17.1. The molecular formula is C32H45FN4O8. The number of alkyl halides is 1. The Morgan fingerprint density at radius 2 is 1.62 bits per heavy atom. The van der Waals surface area contributed by atoms with Gasteiger partial charge >= 0.3 is 12.1 Å². The number of amides is 4. The summed E-state index contributed by atoms with van der Waals surface area (Å²) in [6.07, 6.45) is -1.46. The van der Waals surface area contributed by atoms with Crippen molar-refractivity contribution in [3.63, 3.8) is 0 Å². The van der Waals surface area contributed by atoms with Crippen LogP contribution in [-0.4, -0.2) is 88.6 Å². The first-order chi connectivity index (χ1) is 21.2. The second kappa shape index (κ2) is 15.8. The average Bonchev–Trinajstić information content (AvgIpc) is 3.53. The van der Waals surface area contributed by atoms with Crippen LogP contribution in [0.15, 0.2) is 30.3 Å². The van der Waals surface area contributed by atoms with Crippen molar-refractivity contribution in [2.75, 3.05) is 6.54 Å². The van der Waals surface area contributed by atoms with Crippen molar-refractivity contribution in [3.05, 3.63) is 35.9 Å². The van der Waals surface area contributed by atoms with Crippen molar-refractivity contribution in [1.29, 1.82) is 0 Å². The molecule has 1 heterocycles. The van der Waals surface area contributed by atoms with Crippen LogP contribution < -0.4 is 16.0 Å². The molecule has 1 aromatic carbocycles. The van der Waals surface area contributed by atoms with E-state index in [1.165, 1.54) is 4.90 Å². The summed E-state index contributed by atoms with van der Waals surface area (Å²) < 4.78 is 20.1. The second-order valence-corrected chi connectivity index (χ2v) is 12.4. The number of nitrogens with zero attached hydrogens (tertiary/aromatic N) is 1. The van der Waals surface area contributed by atoms with Gasteiger partial charge in [-0.15, -0.1) is 0 Å². The van der Waals surface area contributed by atoms with Crippen molar-refractivity contribution < 1.29 is 43.0 Å². The topological polar surface area (TPSA) is 171 Å². The van der Waals surface area contributed by atoms with Crippen LogP contribution in [0.5, 0.6) is 0 Å². The van der Waals surface area contributed by atoms with Crippen molar-refractivity contribution in [2.45, 2.75) is 103 Å². The minimum absolute atomic E-state index is 0.0421. The van der Waals surface area contributed by atoms with Crippen molar-refractivity contribution in [1.82, 2.24) is 20.9 Å². The molecule has 1 aliphatic carbocycles. The molecule has 3 rings (SSSR count). The number of carboxylic acids is 1. The van der Waals surface area contributed by atoms with Gasteiger partial charge in [-0.3, -0.25) is 19.2 Å². The van der Waals surface area contributed by atoms with E-state index in [2.05, 4.69) is 16.0 Å². The van der Waals surface area contributed by atoms with Gasteiger partial charge in [0.2, 0.25) is 17.6 Å². The summed E-state index contributed by atoms with van der Waals surface area (Å²) in [7, 11) is 0. The molecule has 7 atom stereocenters. The number of rotatable bonds is 14. The Bertz CT molecular complexity index is 1240. The Morgan fingerprint density at radius 1 is 0.956 bits per heavy atom. The number of benzene rings is 1. The first kappa shape index (κ1) is 35.4. The average molecular weight is 633 g/mol. The largest absolute Gasteiger partial charge is 0.480 e. The molecule has 1 aromatic rings. The first-order valence-electron chi connectivity index (χ1n) is 15.6. The molecular weight excluding hydrogens is 587 g/mol. The molecule has 1 saturated carbocycles. The highest BCUT2D eigenvalue weighted by Gasteiger charge is 2.54. The summed E-state index contributed by atoms with van der Waals surface area (Å²) in [6, 6.07) is 3.74. The molecule has 13 heteroatoms. The summed E-state index contributed by atoms with van der Waals surface area (Å²) in [6.45, 7) is 8.47. The maximum absolute atomic E-state index is 14.9. The highest BCUT2D eigenvalue weighted by atomic mass is 19.1. The van der Waals surface area contributed by atoms with Crippen molar-refractivity contribution in [2.24, 2.45) is 17.8 Å². The van der Waals surface area contributed by atoms with Gasteiger partial charge in [0.1, 0.15) is 24.3 Å². The van der Waals surface area contributed by atoms with E-state index in [9.17, 15) is 38.3 Å². The number of fused-ring (bicyclic) bond motifs is 1. The van der Waals surface area contributed by atoms with E-state index in [1.54, 1.807) is 65.0 Å². The van der Waals surface area contributed by atoms with Crippen molar-refractivity contribution in [3.8, 4) is 0 Å². The highest BCUT2D eigenvalue weighted by Crippen LogP contribution is 2.44. The van der Waals surface area contributed by atoms with Gasteiger partial charge in [-0.2, -0.15) is 0 Å². The molecule has 45 heavy (non-hydrogen) atoms. The molecule has 2 unspecified atom stereocenters. The smallest absolute Gasteiger partial charge is 0.408 e. The summed E-state index contributed by atoms with van der Waals surface area (Å²) in [5.74, 6) is -6.30. The number of Topliss-reactive ketones (excluding diaryl/α,β-unsaturated/α-hetero) is 1. The highest BCUT2D eigenvalue weighted by molar-refractivity contribution is 6.38. The number of ketones is 1. The molecule has 1 saturated heterocycles. The normalized spacial score (nSPS) is 22.7. The van der Waals surface area contributed by atoms with Crippen molar-refractivity contribution >= 4 is 35.6 Å². The van der Waals surface area contributed by atoms with Gasteiger partial charge in [-0.1, -0.05) is 57.5 Å². The van der Waals surface area contributed by atoms with Gasteiger partial charge in [-0.05, 0) is 50.5 Å². The lowest BCUT2D eigenvalue weighted by molar-refractivity contribution is -0.146. The summed E-state index contributed by atoms with van der Waals surface area (Å²) in [4.78, 5) is 79.4. The van der Waals surface area contributed by atoms with Crippen LogP contribution in [-0.2, 0) is 35.1 Å². The predicted molar refractivity (Wildman–Crippen MR) is 162 cm³/mol. The van der Waals surface area contributed by atoms with E-state index in [-0.39, 0.29) is 25.8 Å². The third kappa shape index (κ3) is 9.01. The Kier molecular flexibility index (Phi) is 12.5. The molecule has 0 bridgehead atoms. The molecule has 2 fully saturated rings. The third-order valence-corrected chi connectivity index (χ3v) is 8.36. The second-order valence-electron chi connectivity index (χ2n) is 12.4. The van der Waals surface area contributed by atoms with E-state index in [1.807, 2.05) is 0 Å². The van der Waals surface area contributed by atoms with Gasteiger partial charge in [0.25, 0.3) is 5.91 Å². The predicted octanol–water partition coefficient (Wildman–Crippen LogP) is 2.39. The number of hydrogen-bond donors (Lipinski definition) is 4. The quantitative estimate of drug-likeness (QED) is 0.227. The molecule has 0 spiro atoms. The zero-order valence-electron chi connectivity index (χ0n) is 26.5. The number of likely N-dealkylation sites (tertiary alicyclic amines) is 1. The SMILES string of the molecule is CCCC(NC(=O)C1[C@H]2CC[C@H](F)[C@H]2CN1C(=O)[C@@H](NC(=O)OC(C)C)C(C)C)C(=O)C(=O)N[C@H](Cc1ccccc1)C(=O)O. The molecule has 4 amide bonds. The number of alkyl carbamates (subject to hydrolysis) is 1. The van der Waals surface area contributed by atoms with Gasteiger partial charge in [-0.25, -0.2) is 14.0 Å². The first-order valence-corrected chi connectivity index (χ1v) is 15.6. The van der Waals surface area contributed by atoms with Crippen LogP contribution in [0.4, 0.5) is 9.18 Å². The lowest BCUT2D eigenvalue weighted by Crippen LogP contribution is -2.59. The lowest BCUT2D eigenvalue weighted by Gasteiger charge is -2.32. The molecule has 1 aliphatic heterocycles. The van der Waals surface area contributed by atoms with Crippen LogP contribution in [0.1, 0.15) is 65.9 Å². The Morgan fingerprint density at radius 3 is 2.20 bits per heavy atom. The number of ether oxygens (including phenoxy) is 1. The number of carbonyl (C=O) groups is 6. The maximum atomic E-state index is 14.9. The number of carbonyl (C=O) groups excluding carboxylic acids is 5. The van der Waals surface area contributed by atoms with E-state index in [4.69, 9.17) is 4.74 Å². The Labute approximate surface area is 262 Å². The van der Waals surface area contributed by atoms with E-state index in [0.29, 0.717) is 18.4 Å². The number of aliphatic carboxylic acids is 1. The van der Waals surface area contributed by atoms with E-state index < -0.39 is 89.8 Å². The van der Waals surface area contributed by atoms with Crippen LogP contribution in [0, 0.1) is 17.8 Å². The molecule has 12 nitrogen and oxygen atoms in total. The molecule has 248 valence electrons. The van der Waals surface area contributed by atoms with Gasteiger partial charge in [0, 0.05) is 18.9 Å². The minimum Gasteiger partial charge on any atom is -0.480 e. The molecule has 0 aromatic heterocycles. The number of nitrogens with one attached hydrogen (secondary N) is 3. The third-order valence-electron chi connectivity index (χ3n) is 8.36. The van der Waals surface area contributed by atoms with Crippen LogP contribution in [0.2, 0.25) is 0 Å². The van der Waals surface area contributed by atoms with Crippen LogP contribution in [0.3, 0.4) is 0 Å². The summed E-state index contributed by atoms with van der Waals surface area (Å²) >= 11 is 0. The van der Waals surface area contributed by atoms with Crippen LogP contribution in [0.25, 0.3) is 0 Å². The van der Waals surface area contributed by atoms with Gasteiger partial charge in [0.05, 0.1) is 12.1 Å². The Balaban J connectivity index is 1.80. The van der Waals surface area contributed by atoms with Crippen LogP contribution >= 0.6 is 0 Å². The van der Waals surface area contributed by atoms with Gasteiger partial charge in [0.15, 0.2) is 0 Å². The summed E-state index contributed by atoms with van der Waals surface area (Å²) in [5.41, 5.74) is 0.644. The fraction of sp³-hybridized carbons (Fsp3) is 0.625. The fourth-order valence-corrected chi connectivity index (χ4v) is 6.14. The standard InChI is InChI=1S/C32H45FN4O8/c1-6-10-23(27(38)29(40)35-24(31(42)43)15-19-11-8-7-9-12-19)34-28(39)26-20-13-14-22(33)21(20)16-37(26)30(41)25(17(2)3)36-32(44)45-18(4)5/h7-9,11-12,17-18,20-26H,6,10,13-16H2,1-5H3,(H,34,39)(H,35,40)(H,36,44)(H,42,43)/t20-,21-,22-,23?,24+,25-,26?/m0/s1. The molecule has 4 N–H and O–H groups in total. The van der Waals surface area contributed by atoms with E-state index >= 15 is 0 Å². The number of hydrogen-bond acceptors (Lipinski definition) is 7. The fourth-order valence-electron chi connectivity index (χ4n) is 6.14. The number of halogens is 1. The molecule has 2 aliphatic rings. The Hall–Kier alpha value is -4.03. The number of carboxylic acid groups (broad SMARTS) is 1. The lowest BCUT2D eigenvalue weighted by atomic mass is 9.92. The molecule has 0 radical (unpaired) electrons. The van der Waals surface area contributed by atoms with Gasteiger partial charge < -0.3 is 30.7 Å². The minimum atomic E-state index is -1.38. The monoisotopic (exact) mass is 632 g/mol. The maximum Gasteiger partial charge on any atom is 0.408 e. The zero-order valence-corrected chi connectivity index (χ0v) is 26.5. The van der Waals surface area contributed by atoms with E-state index in [0.717, 1.165) is 0 Å².